The first-order chi connectivity index (χ1) is 18.5. The summed E-state index contributed by atoms with van der Waals surface area (Å²) in [6.45, 7) is 8.17. The Morgan fingerprint density at radius 1 is 0.947 bits per heavy atom. The van der Waals surface area contributed by atoms with E-state index in [9.17, 15) is 9.59 Å². The lowest BCUT2D eigenvalue weighted by molar-refractivity contribution is -0.131. The molecule has 5 heterocycles. The van der Waals surface area contributed by atoms with Crippen LogP contribution in [0.4, 0.5) is 0 Å². The van der Waals surface area contributed by atoms with Crippen molar-refractivity contribution >= 4 is 11.8 Å². The number of hydrogen-bond acceptors (Lipinski definition) is 4. The van der Waals surface area contributed by atoms with Crippen LogP contribution >= 0.6 is 0 Å². The summed E-state index contributed by atoms with van der Waals surface area (Å²) in [5.41, 5.74) is 3.87. The summed E-state index contributed by atoms with van der Waals surface area (Å²) in [6, 6.07) is 12.7. The smallest absolute Gasteiger partial charge is 0.225 e. The Bertz CT molecular complexity index is 1210. The maximum absolute atomic E-state index is 13.0. The Kier molecular flexibility index (Phi) is 6.10. The van der Waals surface area contributed by atoms with Gasteiger partial charge in [0.1, 0.15) is 5.82 Å². The van der Waals surface area contributed by atoms with E-state index in [2.05, 4.69) is 51.6 Å². The number of amides is 2. The Balaban J connectivity index is 1.08. The van der Waals surface area contributed by atoms with Crippen molar-refractivity contribution in [3.05, 3.63) is 53.1 Å². The van der Waals surface area contributed by atoms with Crippen LogP contribution in [0.5, 0.6) is 0 Å². The summed E-state index contributed by atoms with van der Waals surface area (Å²) in [4.78, 5) is 36.9. The van der Waals surface area contributed by atoms with Crippen molar-refractivity contribution in [2.45, 2.75) is 89.4 Å². The lowest BCUT2D eigenvalue weighted by Crippen LogP contribution is -2.47. The van der Waals surface area contributed by atoms with Gasteiger partial charge >= 0.3 is 0 Å². The number of aryl methyl sites for hydroxylation is 1. The molecule has 38 heavy (non-hydrogen) atoms. The summed E-state index contributed by atoms with van der Waals surface area (Å²) < 4.78 is 2.55. The molecule has 2 aromatic rings. The van der Waals surface area contributed by atoms with E-state index < -0.39 is 0 Å². The van der Waals surface area contributed by atoms with Crippen LogP contribution in [-0.4, -0.2) is 74.3 Å². The predicted molar refractivity (Wildman–Crippen MR) is 146 cm³/mol. The molecular formula is C31H41N5O2. The van der Waals surface area contributed by atoms with Crippen LogP contribution in [0.2, 0.25) is 0 Å². The van der Waals surface area contributed by atoms with E-state index in [1.54, 1.807) is 6.92 Å². The van der Waals surface area contributed by atoms with Crippen molar-refractivity contribution in [3.8, 4) is 0 Å². The number of likely N-dealkylation sites (tertiary alicyclic amines) is 1. The number of benzene rings is 1. The van der Waals surface area contributed by atoms with Gasteiger partial charge in [-0.1, -0.05) is 30.3 Å². The number of nitrogens with zero attached hydrogens (tertiary/aromatic N) is 5. The quantitative estimate of drug-likeness (QED) is 0.606. The third kappa shape index (κ3) is 4.27. The SMILES string of the molecule is CC(=O)N1CCc2c(nc(C)n2C2C[C@@H]3CC[C@@H](C2)N3C[C@H]2CN(C(=O)C3CC3)C[C@@H]2c2ccccc2)C1. The molecule has 5 aliphatic rings. The molecule has 4 aliphatic heterocycles. The average molecular weight is 516 g/mol. The molecule has 1 aromatic heterocycles. The van der Waals surface area contributed by atoms with Gasteiger partial charge in [-0.3, -0.25) is 14.5 Å². The van der Waals surface area contributed by atoms with Gasteiger partial charge in [0.2, 0.25) is 11.8 Å². The fourth-order valence-electron chi connectivity index (χ4n) is 8.22. The first kappa shape index (κ1) is 24.4. The molecule has 7 rings (SSSR count). The van der Waals surface area contributed by atoms with Gasteiger partial charge in [0, 0.05) is 75.2 Å². The molecular weight excluding hydrogens is 474 g/mol. The Hall–Kier alpha value is -2.67. The molecule has 4 atom stereocenters. The zero-order chi connectivity index (χ0) is 26.0. The first-order valence-corrected chi connectivity index (χ1v) is 14.9. The fraction of sp³-hybridized carbons (Fsp3) is 0.645. The molecule has 7 heteroatoms. The lowest BCUT2D eigenvalue weighted by Gasteiger charge is -2.42. The molecule has 0 radical (unpaired) electrons. The Morgan fingerprint density at radius 3 is 2.37 bits per heavy atom. The number of imidazole rings is 1. The molecule has 1 saturated carbocycles. The molecule has 1 aromatic carbocycles. The van der Waals surface area contributed by atoms with Gasteiger partial charge in [-0.15, -0.1) is 0 Å². The number of piperidine rings is 1. The summed E-state index contributed by atoms with van der Waals surface area (Å²) in [7, 11) is 0. The Morgan fingerprint density at radius 2 is 1.68 bits per heavy atom. The van der Waals surface area contributed by atoms with Crippen LogP contribution in [0.3, 0.4) is 0 Å². The summed E-state index contributed by atoms with van der Waals surface area (Å²) in [5, 5.41) is 0. The number of aromatic nitrogens is 2. The molecule has 0 N–H and O–H groups in total. The van der Waals surface area contributed by atoms with Crippen LogP contribution in [-0.2, 0) is 22.6 Å². The third-order valence-electron chi connectivity index (χ3n) is 10.3. The van der Waals surface area contributed by atoms with Crippen LogP contribution in [0.15, 0.2) is 30.3 Å². The average Bonchev–Trinajstić information content (AvgIpc) is 3.54. The highest BCUT2D eigenvalue weighted by Crippen LogP contribution is 2.45. The van der Waals surface area contributed by atoms with E-state index in [1.165, 1.54) is 36.9 Å². The Labute approximate surface area is 226 Å². The third-order valence-corrected chi connectivity index (χ3v) is 10.3. The van der Waals surface area contributed by atoms with Gasteiger partial charge in [0.15, 0.2) is 0 Å². The zero-order valence-electron chi connectivity index (χ0n) is 22.9. The highest BCUT2D eigenvalue weighted by atomic mass is 16.2. The molecule has 0 spiro atoms. The number of hydrogen-bond donors (Lipinski definition) is 0. The number of rotatable bonds is 5. The minimum absolute atomic E-state index is 0.146. The van der Waals surface area contributed by atoms with Gasteiger partial charge in [-0.25, -0.2) is 4.98 Å². The van der Waals surface area contributed by atoms with Crippen molar-refractivity contribution in [2.24, 2.45) is 11.8 Å². The minimum Gasteiger partial charge on any atom is -0.341 e. The van der Waals surface area contributed by atoms with Crippen molar-refractivity contribution < 1.29 is 9.59 Å². The first-order valence-electron chi connectivity index (χ1n) is 14.9. The zero-order valence-corrected chi connectivity index (χ0v) is 22.9. The predicted octanol–water partition coefficient (Wildman–Crippen LogP) is 3.92. The van der Waals surface area contributed by atoms with E-state index in [0.29, 0.717) is 48.3 Å². The molecule has 2 bridgehead atoms. The van der Waals surface area contributed by atoms with Crippen molar-refractivity contribution in [2.75, 3.05) is 26.2 Å². The molecule has 1 aliphatic carbocycles. The number of carbonyl (C=O) groups excluding carboxylic acids is 2. The van der Waals surface area contributed by atoms with E-state index in [0.717, 1.165) is 57.0 Å². The largest absolute Gasteiger partial charge is 0.341 e. The molecule has 3 saturated heterocycles. The monoisotopic (exact) mass is 515 g/mol. The maximum atomic E-state index is 13.0. The molecule has 2 amide bonds. The maximum Gasteiger partial charge on any atom is 0.225 e. The lowest BCUT2D eigenvalue weighted by atomic mass is 9.87. The number of fused-ring (bicyclic) bond motifs is 3. The van der Waals surface area contributed by atoms with Crippen molar-refractivity contribution in [3.63, 3.8) is 0 Å². The van der Waals surface area contributed by atoms with Crippen molar-refractivity contribution in [1.29, 1.82) is 0 Å². The van der Waals surface area contributed by atoms with Crippen LogP contribution in [0.1, 0.15) is 80.2 Å². The topological polar surface area (TPSA) is 61.7 Å². The molecule has 0 unspecified atom stereocenters. The van der Waals surface area contributed by atoms with Gasteiger partial charge in [0.05, 0.1) is 12.2 Å². The second-order valence-corrected chi connectivity index (χ2v) is 12.6. The van der Waals surface area contributed by atoms with E-state index >= 15 is 0 Å². The minimum atomic E-state index is 0.146. The van der Waals surface area contributed by atoms with E-state index in [-0.39, 0.29) is 5.91 Å². The molecule has 202 valence electrons. The van der Waals surface area contributed by atoms with Gasteiger partial charge < -0.3 is 14.4 Å². The molecule has 4 fully saturated rings. The van der Waals surface area contributed by atoms with Crippen LogP contribution in [0.25, 0.3) is 0 Å². The van der Waals surface area contributed by atoms with Gasteiger partial charge in [-0.2, -0.15) is 0 Å². The van der Waals surface area contributed by atoms with E-state index in [1.807, 2.05) is 4.90 Å². The normalized spacial score (nSPS) is 31.1. The summed E-state index contributed by atoms with van der Waals surface area (Å²) in [5.74, 6) is 2.89. The summed E-state index contributed by atoms with van der Waals surface area (Å²) >= 11 is 0. The van der Waals surface area contributed by atoms with Crippen LogP contribution < -0.4 is 0 Å². The highest BCUT2D eigenvalue weighted by molar-refractivity contribution is 5.81. The highest BCUT2D eigenvalue weighted by Gasteiger charge is 2.47. The van der Waals surface area contributed by atoms with E-state index in [4.69, 9.17) is 4.98 Å². The van der Waals surface area contributed by atoms with Gasteiger partial charge in [-0.05, 0) is 56.9 Å². The van der Waals surface area contributed by atoms with Crippen LogP contribution in [0, 0.1) is 18.8 Å². The standard InChI is InChI=1S/C31H41N5O2/c1-20-32-29-19-33(21(2)37)13-12-30(29)36(20)27-14-25-10-11-26(15-27)35(25)17-24-16-34(31(38)23-8-9-23)18-28(24)22-6-4-3-5-7-22/h3-7,23-28H,8-19H2,1-2H3/t24-,25+,26+,28-/m1/s1. The second-order valence-electron chi connectivity index (χ2n) is 12.6. The molecule has 7 nitrogen and oxygen atoms in total. The van der Waals surface area contributed by atoms with Gasteiger partial charge in [0.25, 0.3) is 0 Å². The summed E-state index contributed by atoms with van der Waals surface area (Å²) in [6.07, 6.45) is 8.01. The van der Waals surface area contributed by atoms with Crippen molar-refractivity contribution in [1.82, 2.24) is 24.3 Å². The second kappa shape index (κ2) is 9.51. The number of carbonyl (C=O) groups is 2. The fourth-order valence-corrected chi connectivity index (χ4v) is 8.22.